The molecule has 21 heavy (non-hydrogen) atoms. The summed E-state index contributed by atoms with van der Waals surface area (Å²) in [6, 6.07) is 11.9. The maximum absolute atomic E-state index is 11.8. The van der Waals surface area contributed by atoms with Crippen molar-refractivity contribution >= 4 is 16.8 Å². The second-order valence-corrected chi connectivity index (χ2v) is 5.04. The number of rotatable bonds is 6. The number of para-hydroxylation sites is 1. The predicted octanol–water partition coefficient (Wildman–Crippen LogP) is 3.05. The third kappa shape index (κ3) is 3.34. The van der Waals surface area contributed by atoms with E-state index in [0.717, 1.165) is 17.7 Å². The van der Waals surface area contributed by atoms with Crippen LogP contribution in [0.3, 0.4) is 0 Å². The lowest BCUT2D eigenvalue weighted by molar-refractivity contribution is -0.121. The van der Waals surface area contributed by atoms with E-state index in [0.29, 0.717) is 19.4 Å². The van der Waals surface area contributed by atoms with E-state index >= 15 is 0 Å². The number of aromatic amines is 1. The summed E-state index contributed by atoms with van der Waals surface area (Å²) in [5.41, 5.74) is 2.37. The molecule has 0 aliphatic carbocycles. The van der Waals surface area contributed by atoms with Crippen LogP contribution in [0.25, 0.3) is 10.9 Å². The molecule has 3 rings (SSSR count). The highest BCUT2D eigenvalue weighted by Gasteiger charge is 2.05. The third-order valence-electron chi connectivity index (χ3n) is 3.57. The number of nitrogens with one attached hydrogen (secondary N) is 2. The molecule has 0 aliphatic heterocycles. The van der Waals surface area contributed by atoms with Gasteiger partial charge in [0.2, 0.25) is 5.91 Å². The quantitative estimate of drug-likeness (QED) is 0.730. The van der Waals surface area contributed by atoms with E-state index in [2.05, 4.69) is 22.4 Å². The fraction of sp³-hybridized carbons (Fsp3) is 0.235. The lowest BCUT2D eigenvalue weighted by atomic mass is 10.1. The van der Waals surface area contributed by atoms with E-state index in [-0.39, 0.29) is 5.91 Å². The Morgan fingerprint density at radius 2 is 2.05 bits per heavy atom. The molecular formula is C17H18N2O2. The fourth-order valence-electron chi connectivity index (χ4n) is 2.45. The van der Waals surface area contributed by atoms with Gasteiger partial charge < -0.3 is 14.7 Å². The molecule has 0 aliphatic rings. The highest BCUT2D eigenvalue weighted by Crippen LogP contribution is 2.17. The Bertz CT molecular complexity index is 713. The molecule has 2 aromatic heterocycles. The molecule has 0 bridgehead atoms. The van der Waals surface area contributed by atoms with E-state index in [1.165, 1.54) is 10.9 Å². The number of hydrogen-bond donors (Lipinski definition) is 2. The molecular weight excluding hydrogens is 264 g/mol. The molecule has 1 aromatic carbocycles. The van der Waals surface area contributed by atoms with Crippen LogP contribution in [0.15, 0.2) is 53.3 Å². The van der Waals surface area contributed by atoms with Crippen LogP contribution >= 0.6 is 0 Å². The van der Waals surface area contributed by atoms with Crippen LogP contribution in [0.2, 0.25) is 0 Å². The van der Waals surface area contributed by atoms with Gasteiger partial charge in [-0.05, 0) is 30.2 Å². The van der Waals surface area contributed by atoms with E-state index in [9.17, 15) is 4.79 Å². The van der Waals surface area contributed by atoms with Gasteiger partial charge in [-0.25, -0.2) is 0 Å². The second kappa shape index (κ2) is 6.31. The summed E-state index contributed by atoms with van der Waals surface area (Å²) in [5.74, 6) is 0.910. The largest absolute Gasteiger partial charge is 0.469 e. The van der Waals surface area contributed by atoms with Crippen molar-refractivity contribution in [1.82, 2.24) is 10.3 Å². The van der Waals surface area contributed by atoms with Crippen LogP contribution in [-0.2, 0) is 17.6 Å². The van der Waals surface area contributed by atoms with Crippen LogP contribution in [0.4, 0.5) is 0 Å². The molecule has 0 saturated carbocycles. The maximum Gasteiger partial charge on any atom is 0.220 e. The van der Waals surface area contributed by atoms with Gasteiger partial charge in [-0.2, -0.15) is 0 Å². The van der Waals surface area contributed by atoms with E-state index in [1.54, 1.807) is 6.26 Å². The number of hydrogen-bond acceptors (Lipinski definition) is 2. The van der Waals surface area contributed by atoms with Gasteiger partial charge in [-0.3, -0.25) is 4.79 Å². The van der Waals surface area contributed by atoms with E-state index < -0.39 is 0 Å². The first kappa shape index (κ1) is 13.5. The molecule has 2 N–H and O–H groups in total. The van der Waals surface area contributed by atoms with Crippen LogP contribution in [-0.4, -0.2) is 17.4 Å². The number of carbonyl (C=O) groups excluding carboxylic acids is 1. The zero-order chi connectivity index (χ0) is 14.5. The standard InChI is InChI=1S/C17H18N2O2/c20-17(8-7-14-4-3-11-21-14)18-10-9-13-12-19-16-6-2-1-5-15(13)16/h1-6,11-12,19H,7-10H2,(H,18,20). The zero-order valence-corrected chi connectivity index (χ0v) is 11.8. The van der Waals surface area contributed by atoms with Gasteiger partial charge in [0.15, 0.2) is 0 Å². The Balaban J connectivity index is 1.46. The lowest BCUT2D eigenvalue weighted by Crippen LogP contribution is -2.25. The normalized spacial score (nSPS) is 10.9. The summed E-state index contributed by atoms with van der Waals surface area (Å²) >= 11 is 0. The average molecular weight is 282 g/mol. The van der Waals surface area contributed by atoms with Crippen molar-refractivity contribution in [2.24, 2.45) is 0 Å². The minimum absolute atomic E-state index is 0.0613. The number of benzene rings is 1. The van der Waals surface area contributed by atoms with Crippen molar-refractivity contribution in [3.05, 3.63) is 60.2 Å². The van der Waals surface area contributed by atoms with Gasteiger partial charge in [0.05, 0.1) is 6.26 Å². The number of aryl methyl sites for hydroxylation is 1. The van der Waals surface area contributed by atoms with Gasteiger partial charge in [-0.1, -0.05) is 18.2 Å². The molecule has 0 fully saturated rings. The Labute approximate surface area is 123 Å². The van der Waals surface area contributed by atoms with Gasteiger partial charge in [-0.15, -0.1) is 0 Å². The van der Waals surface area contributed by atoms with Crippen molar-refractivity contribution in [3.63, 3.8) is 0 Å². The first-order chi connectivity index (χ1) is 10.3. The van der Waals surface area contributed by atoms with Crippen molar-refractivity contribution in [2.75, 3.05) is 6.54 Å². The van der Waals surface area contributed by atoms with Crippen molar-refractivity contribution in [1.29, 1.82) is 0 Å². The van der Waals surface area contributed by atoms with Crippen LogP contribution < -0.4 is 5.32 Å². The number of carbonyl (C=O) groups is 1. The van der Waals surface area contributed by atoms with Crippen LogP contribution in [0.5, 0.6) is 0 Å². The number of H-pyrrole nitrogens is 1. The van der Waals surface area contributed by atoms with Crippen molar-refractivity contribution in [2.45, 2.75) is 19.3 Å². The molecule has 0 unspecified atom stereocenters. The summed E-state index contributed by atoms with van der Waals surface area (Å²) in [6.07, 6.45) is 5.58. The van der Waals surface area contributed by atoms with Crippen molar-refractivity contribution < 1.29 is 9.21 Å². The predicted molar refractivity (Wildman–Crippen MR) is 82.0 cm³/mol. The second-order valence-electron chi connectivity index (χ2n) is 5.04. The molecule has 1 amide bonds. The van der Waals surface area contributed by atoms with Gasteiger partial charge in [0.1, 0.15) is 5.76 Å². The maximum atomic E-state index is 11.8. The topological polar surface area (TPSA) is 58.0 Å². The van der Waals surface area contributed by atoms with Crippen molar-refractivity contribution in [3.8, 4) is 0 Å². The number of furan rings is 1. The highest BCUT2D eigenvalue weighted by molar-refractivity contribution is 5.83. The Morgan fingerprint density at radius 1 is 1.14 bits per heavy atom. The van der Waals surface area contributed by atoms with Gasteiger partial charge in [0.25, 0.3) is 0 Å². The molecule has 4 nitrogen and oxygen atoms in total. The first-order valence-electron chi connectivity index (χ1n) is 7.17. The zero-order valence-electron chi connectivity index (χ0n) is 11.8. The molecule has 2 heterocycles. The summed E-state index contributed by atoms with van der Waals surface area (Å²) < 4.78 is 5.21. The number of amides is 1. The SMILES string of the molecule is O=C(CCc1ccco1)NCCc1c[nH]c2ccccc12. The molecule has 0 spiro atoms. The van der Waals surface area contributed by atoms with Crippen LogP contribution in [0, 0.1) is 0 Å². The van der Waals surface area contributed by atoms with Crippen LogP contribution in [0.1, 0.15) is 17.7 Å². The van der Waals surface area contributed by atoms with E-state index in [1.807, 2.05) is 30.5 Å². The monoisotopic (exact) mass is 282 g/mol. The number of aromatic nitrogens is 1. The minimum atomic E-state index is 0.0613. The molecule has 108 valence electrons. The Kier molecular flexibility index (Phi) is 4.05. The molecule has 0 atom stereocenters. The van der Waals surface area contributed by atoms with E-state index in [4.69, 9.17) is 4.42 Å². The molecule has 4 heteroatoms. The summed E-state index contributed by atoms with van der Waals surface area (Å²) in [6.45, 7) is 0.652. The van der Waals surface area contributed by atoms with Gasteiger partial charge in [0, 0.05) is 36.5 Å². The highest BCUT2D eigenvalue weighted by atomic mass is 16.3. The van der Waals surface area contributed by atoms with Gasteiger partial charge >= 0.3 is 0 Å². The molecule has 3 aromatic rings. The number of fused-ring (bicyclic) bond motifs is 1. The smallest absolute Gasteiger partial charge is 0.220 e. The minimum Gasteiger partial charge on any atom is -0.469 e. The summed E-state index contributed by atoms with van der Waals surface area (Å²) in [5, 5.41) is 4.18. The molecule has 0 saturated heterocycles. The summed E-state index contributed by atoms with van der Waals surface area (Å²) in [7, 11) is 0. The lowest BCUT2D eigenvalue weighted by Gasteiger charge is -2.04. The average Bonchev–Trinajstić information content (AvgIpc) is 3.15. The Hall–Kier alpha value is -2.49. The third-order valence-corrected chi connectivity index (χ3v) is 3.57. The summed E-state index contributed by atoms with van der Waals surface area (Å²) in [4.78, 5) is 15.0. The fourth-order valence-corrected chi connectivity index (χ4v) is 2.45. The Morgan fingerprint density at radius 3 is 2.90 bits per heavy atom. The first-order valence-corrected chi connectivity index (χ1v) is 7.17. The molecule has 0 radical (unpaired) electrons.